The number of aromatic nitrogens is 2. The summed E-state index contributed by atoms with van der Waals surface area (Å²) in [6.45, 7) is 4.10. The first-order valence-corrected chi connectivity index (χ1v) is 9.67. The van der Waals surface area contributed by atoms with Crippen molar-refractivity contribution in [1.82, 2.24) is 14.3 Å². The molecule has 8 nitrogen and oxygen atoms in total. The molecular formula is C17H23N3O5S. The summed E-state index contributed by atoms with van der Waals surface area (Å²) in [7, 11) is -2.04. The molecule has 2 aromatic rings. The highest BCUT2D eigenvalue weighted by Crippen LogP contribution is 2.18. The van der Waals surface area contributed by atoms with Gasteiger partial charge in [0.15, 0.2) is 5.03 Å². The summed E-state index contributed by atoms with van der Waals surface area (Å²) in [6.07, 6.45) is 1.34. The SMILES string of the molecule is CCOc1ccccc1COC(=O)CCNS(=O)(=O)c1cn(C)c(C)n1. The zero-order valence-corrected chi connectivity index (χ0v) is 15.9. The third-order valence-electron chi connectivity index (χ3n) is 3.64. The largest absolute Gasteiger partial charge is 0.493 e. The summed E-state index contributed by atoms with van der Waals surface area (Å²) < 4.78 is 38.8. The lowest BCUT2D eigenvalue weighted by Gasteiger charge is -2.10. The van der Waals surface area contributed by atoms with Gasteiger partial charge in [-0.2, -0.15) is 0 Å². The number of nitrogens with one attached hydrogen (secondary N) is 1. The zero-order chi connectivity index (χ0) is 19.2. The second kappa shape index (κ2) is 8.81. The van der Waals surface area contributed by atoms with Crippen molar-refractivity contribution in [2.75, 3.05) is 13.2 Å². The molecule has 0 saturated carbocycles. The number of imidazole rings is 1. The van der Waals surface area contributed by atoms with Crippen molar-refractivity contribution in [3.63, 3.8) is 0 Å². The predicted octanol–water partition coefficient (Wildman–Crippen LogP) is 1.54. The molecule has 0 aliphatic heterocycles. The Labute approximate surface area is 153 Å². The van der Waals surface area contributed by atoms with Gasteiger partial charge in [0, 0.05) is 25.4 Å². The first-order valence-electron chi connectivity index (χ1n) is 8.19. The van der Waals surface area contributed by atoms with Crippen LogP contribution >= 0.6 is 0 Å². The maximum absolute atomic E-state index is 12.1. The van der Waals surface area contributed by atoms with Crippen molar-refractivity contribution < 1.29 is 22.7 Å². The zero-order valence-electron chi connectivity index (χ0n) is 15.1. The van der Waals surface area contributed by atoms with Crippen LogP contribution < -0.4 is 9.46 Å². The molecule has 1 aromatic heterocycles. The second-order valence-electron chi connectivity index (χ2n) is 5.59. The minimum atomic E-state index is -3.75. The first kappa shape index (κ1) is 19.9. The number of hydrogen-bond acceptors (Lipinski definition) is 6. The van der Waals surface area contributed by atoms with Crippen molar-refractivity contribution in [2.45, 2.75) is 31.9 Å². The molecule has 0 radical (unpaired) electrons. The summed E-state index contributed by atoms with van der Waals surface area (Å²) in [4.78, 5) is 15.8. The normalized spacial score (nSPS) is 11.3. The van der Waals surface area contributed by atoms with Crippen LogP contribution in [0.2, 0.25) is 0 Å². The number of carbonyl (C=O) groups excluding carboxylic acids is 1. The van der Waals surface area contributed by atoms with Crippen LogP contribution in [-0.2, 0) is 33.2 Å². The Morgan fingerprint density at radius 3 is 2.69 bits per heavy atom. The van der Waals surface area contributed by atoms with E-state index in [1.165, 1.54) is 6.20 Å². The van der Waals surface area contributed by atoms with E-state index < -0.39 is 16.0 Å². The van der Waals surface area contributed by atoms with Crippen molar-refractivity contribution in [3.8, 4) is 5.75 Å². The van der Waals surface area contributed by atoms with Gasteiger partial charge in [0.25, 0.3) is 10.0 Å². The number of aryl methyl sites for hydroxylation is 2. The Morgan fingerprint density at radius 1 is 1.31 bits per heavy atom. The Hall–Kier alpha value is -2.39. The van der Waals surface area contributed by atoms with E-state index >= 15 is 0 Å². The van der Waals surface area contributed by atoms with Crippen LogP contribution in [0.3, 0.4) is 0 Å². The summed E-state index contributed by atoms with van der Waals surface area (Å²) in [5, 5.41) is -0.0727. The molecule has 0 bridgehead atoms. The topological polar surface area (TPSA) is 99.5 Å². The number of rotatable bonds is 9. The standard InChI is InChI=1S/C17H23N3O5S/c1-4-24-15-8-6-5-7-14(15)12-25-17(21)9-10-18-26(22,23)16-11-20(3)13(2)19-16/h5-8,11,18H,4,9-10,12H2,1-3H3. The Kier molecular flexibility index (Phi) is 6.76. The van der Waals surface area contributed by atoms with E-state index in [2.05, 4.69) is 9.71 Å². The van der Waals surface area contributed by atoms with Crippen molar-refractivity contribution in [2.24, 2.45) is 7.05 Å². The number of carbonyl (C=O) groups is 1. The molecule has 0 saturated heterocycles. The molecule has 142 valence electrons. The van der Waals surface area contributed by atoms with E-state index in [1.54, 1.807) is 24.6 Å². The van der Waals surface area contributed by atoms with E-state index in [1.807, 2.05) is 25.1 Å². The van der Waals surface area contributed by atoms with Gasteiger partial charge in [0.05, 0.1) is 13.0 Å². The molecule has 0 amide bonds. The Morgan fingerprint density at radius 2 is 2.04 bits per heavy atom. The van der Waals surface area contributed by atoms with Gasteiger partial charge >= 0.3 is 5.97 Å². The van der Waals surface area contributed by atoms with Crippen LogP contribution in [0.4, 0.5) is 0 Å². The van der Waals surface area contributed by atoms with Gasteiger partial charge in [-0.1, -0.05) is 18.2 Å². The molecule has 0 atom stereocenters. The number of esters is 1. The third kappa shape index (κ3) is 5.30. The lowest BCUT2D eigenvalue weighted by Crippen LogP contribution is -2.27. The van der Waals surface area contributed by atoms with Gasteiger partial charge in [-0.3, -0.25) is 4.79 Å². The molecule has 0 aliphatic carbocycles. The van der Waals surface area contributed by atoms with Crippen LogP contribution in [0.15, 0.2) is 35.5 Å². The molecule has 1 aromatic carbocycles. The van der Waals surface area contributed by atoms with E-state index in [0.29, 0.717) is 18.2 Å². The van der Waals surface area contributed by atoms with Crippen LogP contribution in [0.25, 0.3) is 0 Å². The molecule has 26 heavy (non-hydrogen) atoms. The highest BCUT2D eigenvalue weighted by atomic mass is 32.2. The van der Waals surface area contributed by atoms with Gasteiger partial charge in [0.1, 0.15) is 18.2 Å². The Bertz CT molecular complexity index is 842. The van der Waals surface area contributed by atoms with Crippen molar-refractivity contribution in [3.05, 3.63) is 41.9 Å². The molecule has 1 N–H and O–H groups in total. The second-order valence-corrected chi connectivity index (χ2v) is 7.30. The highest BCUT2D eigenvalue weighted by molar-refractivity contribution is 7.89. The third-order valence-corrected chi connectivity index (χ3v) is 4.98. The van der Waals surface area contributed by atoms with Crippen molar-refractivity contribution in [1.29, 1.82) is 0 Å². The van der Waals surface area contributed by atoms with E-state index in [4.69, 9.17) is 9.47 Å². The summed E-state index contributed by atoms with van der Waals surface area (Å²) in [6, 6.07) is 7.28. The predicted molar refractivity (Wildman–Crippen MR) is 95.2 cm³/mol. The fourth-order valence-corrected chi connectivity index (χ4v) is 3.23. The maximum atomic E-state index is 12.1. The lowest BCUT2D eigenvalue weighted by atomic mass is 10.2. The number of benzene rings is 1. The number of para-hydroxylation sites is 1. The quantitative estimate of drug-likeness (QED) is 0.662. The fourth-order valence-electron chi connectivity index (χ4n) is 2.17. The molecule has 0 unspecified atom stereocenters. The maximum Gasteiger partial charge on any atom is 0.307 e. The monoisotopic (exact) mass is 381 g/mol. The average Bonchev–Trinajstić information content (AvgIpc) is 2.94. The van der Waals surface area contributed by atoms with Gasteiger partial charge in [0.2, 0.25) is 0 Å². The molecule has 9 heteroatoms. The number of sulfonamides is 1. The number of hydrogen-bond donors (Lipinski definition) is 1. The molecule has 0 fully saturated rings. The van der Waals surface area contributed by atoms with E-state index in [-0.39, 0.29) is 24.6 Å². The summed E-state index contributed by atoms with van der Waals surface area (Å²) >= 11 is 0. The van der Waals surface area contributed by atoms with Gasteiger partial charge in [-0.05, 0) is 19.9 Å². The molecule has 2 rings (SSSR count). The van der Waals surface area contributed by atoms with Gasteiger partial charge in [-0.15, -0.1) is 0 Å². The minimum Gasteiger partial charge on any atom is -0.493 e. The van der Waals surface area contributed by atoms with Crippen LogP contribution in [0.5, 0.6) is 5.75 Å². The van der Waals surface area contributed by atoms with Gasteiger partial charge in [-0.25, -0.2) is 18.1 Å². The van der Waals surface area contributed by atoms with Gasteiger partial charge < -0.3 is 14.0 Å². The van der Waals surface area contributed by atoms with E-state index in [9.17, 15) is 13.2 Å². The van der Waals surface area contributed by atoms with E-state index in [0.717, 1.165) is 5.56 Å². The number of nitrogens with zero attached hydrogens (tertiary/aromatic N) is 2. The molecular weight excluding hydrogens is 358 g/mol. The lowest BCUT2D eigenvalue weighted by molar-refractivity contribution is -0.144. The summed E-state index contributed by atoms with van der Waals surface area (Å²) in [5.74, 6) is 0.739. The smallest absolute Gasteiger partial charge is 0.307 e. The molecule has 0 aliphatic rings. The van der Waals surface area contributed by atoms with Crippen LogP contribution in [0.1, 0.15) is 24.7 Å². The highest BCUT2D eigenvalue weighted by Gasteiger charge is 2.18. The summed E-state index contributed by atoms with van der Waals surface area (Å²) in [5.41, 5.74) is 0.757. The van der Waals surface area contributed by atoms with Crippen LogP contribution in [0, 0.1) is 6.92 Å². The molecule has 0 spiro atoms. The molecule has 1 heterocycles. The first-order chi connectivity index (χ1) is 12.3. The fraction of sp³-hybridized carbons (Fsp3) is 0.412. The Balaban J connectivity index is 1.82. The average molecular weight is 381 g/mol. The van der Waals surface area contributed by atoms with Crippen LogP contribution in [-0.4, -0.2) is 37.1 Å². The minimum absolute atomic E-state index is 0.0656. The number of ether oxygens (including phenoxy) is 2. The van der Waals surface area contributed by atoms with Crippen molar-refractivity contribution >= 4 is 16.0 Å².